The molecule has 5 heteroatoms. The maximum Gasteiger partial charge on any atom is 0.259 e. The number of anilines is 1. The van der Waals surface area contributed by atoms with E-state index in [2.05, 4.69) is 0 Å². The van der Waals surface area contributed by atoms with Crippen LogP contribution in [0.3, 0.4) is 0 Å². The smallest absolute Gasteiger partial charge is 0.259 e. The van der Waals surface area contributed by atoms with E-state index in [4.69, 9.17) is 15.6 Å². The number of nitrogens with two attached hydrogens (primary N) is 1. The molecule has 0 radical (unpaired) electrons. The Bertz CT molecular complexity index is 415. The largest absolute Gasteiger partial charge is 0.493 e. The molecule has 0 aliphatic heterocycles. The highest BCUT2D eigenvalue weighted by Gasteiger charge is 2.21. The Balaban J connectivity index is 3.08. The van der Waals surface area contributed by atoms with Crippen molar-refractivity contribution in [3.05, 3.63) is 23.8 Å². The molecule has 0 aromatic heterocycles. The average Bonchev–Trinajstić information content (AvgIpc) is 2.38. The van der Waals surface area contributed by atoms with Crippen molar-refractivity contribution in [1.82, 2.24) is 4.90 Å². The van der Waals surface area contributed by atoms with Crippen LogP contribution < -0.4 is 10.5 Å². The van der Waals surface area contributed by atoms with E-state index in [0.29, 0.717) is 36.7 Å². The average molecular weight is 266 g/mol. The molecule has 1 aromatic carbocycles. The summed E-state index contributed by atoms with van der Waals surface area (Å²) < 4.78 is 5.46. The van der Waals surface area contributed by atoms with Gasteiger partial charge in [-0.1, -0.05) is 13.0 Å². The van der Waals surface area contributed by atoms with Gasteiger partial charge in [0.25, 0.3) is 5.91 Å². The first-order valence-electron chi connectivity index (χ1n) is 6.57. The number of nitrogens with zero attached hydrogens (tertiary/aromatic N) is 1. The fraction of sp³-hybridized carbons (Fsp3) is 0.500. The van der Waals surface area contributed by atoms with Crippen LogP contribution in [-0.4, -0.2) is 42.2 Å². The van der Waals surface area contributed by atoms with Crippen LogP contribution in [0.2, 0.25) is 0 Å². The minimum Gasteiger partial charge on any atom is -0.493 e. The molecule has 0 fully saturated rings. The molecule has 1 rings (SSSR count). The molecule has 3 N–H and O–H groups in total. The number of rotatable bonds is 7. The van der Waals surface area contributed by atoms with Crippen molar-refractivity contribution in [3.8, 4) is 5.75 Å². The van der Waals surface area contributed by atoms with Crippen molar-refractivity contribution in [2.45, 2.75) is 20.3 Å². The van der Waals surface area contributed by atoms with Gasteiger partial charge in [-0.25, -0.2) is 0 Å². The van der Waals surface area contributed by atoms with Crippen LogP contribution in [-0.2, 0) is 0 Å². The second kappa shape index (κ2) is 7.63. The molecule has 0 unspecified atom stereocenters. The second-order valence-electron chi connectivity index (χ2n) is 4.17. The summed E-state index contributed by atoms with van der Waals surface area (Å²) in [6, 6.07) is 5.17. The quantitative estimate of drug-likeness (QED) is 0.734. The normalized spacial score (nSPS) is 10.3. The summed E-state index contributed by atoms with van der Waals surface area (Å²) in [5.74, 6) is 0.295. The maximum absolute atomic E-state index is 12.5. The van der Waals surface area contributed by atoms with E-state index in [0.717, 1.165) is 6.42 Å². The molecule has 0 aliphatic carbocycles. The van der Waals surface area contributed by atoms with Crippen LogP contribution >= 0.6 is 0 Å². The van der Waals surface area contributed by atoms with E-state index >= 15 is 0 Å². The maximum atomic E-state index is 12.5. The predicted octanol–water partition coefficient (Wildman–Crippen LogP) is 1.51. The van der Waals surface area contributed by atoms with Gasteiger partial charge in [-0.3, -0.25) is 4.79 Å². The first-order chi connectivity index (χ1) is 9.15. The minimum atomic E-state index is -0.197. The topological polar surface area (TPSA) is 75.8 Å². The van der Waals surface area contributed by atoms with Crippen LogP contribution in [0.4, 0.5) is 5.69 Å². The molecule has 5 nitrogen and oxygen atoms in total. The van der Waals surface area contributed by atoms with Crippen LogP contribution in [0.15, 0.2) is 18.2 Å². The Labute approximate surface area is 114 Å². The van der Waals surface area contributed by atoms with Gasteiger partial charge < -0.3 is 20.5 Å². The third-order valence-electron chi connectivity index (χ3n) is 2.72. The van der Waals surface area contributed by atoms with Crippen molar-refractivity contribution < 1.29 is 14.6 Å². The van der Waals surface area contributed by atoms with Gasteiger partial charge >= 0.3 is 0 Å². The zero-order valence-electron chi connectivity index (χ0n) is 11.6. The van der Waals surface area contributed by atoms with Gasteiger partial charge in [0.2, 0.25) is 0 Å². The molecule has 0 aliphatic rings. The molecule has 0 bridgehead atoms. The molecule has 1 aromatic rings. The molecular formula is C14H22N2O3. The molecule has 0 heterocycles. The van der Waals surface area contributed by atoms with E-state index in [1.165, 1.54) is 0 Å². The molecule has 0 spiro atoms. The standard InChI is InChI=1S/C14H22N2O3/c1-3-8-16(9-10-17)14(18)13-11(15)6-5-7-12(13)19-4-2/h5-7,17H,3-4,8-10,15H2,1-2H3. The van der Waals surface area contributed by atoms with Crippen molar-refractivity contribution in [2.75, 3.05) is 32.0 Å². The summed E-state index contributed by atoms with van der Waals surface area (Å²) in [6.45, 7) is 5.12. The number of carbonyl (C=O) groups excluding carboxylic acids is 1. The number of aliphatic hydroxyl groups is 1. The number of nitrogen functional groups attached to an aromatic ring is 1. The Morgan fingerprint density at radius 2 is 2.11 bits per heavy atom. The Hall–Kier alpha value is -1.75. The van der Waals surface area contributed by atoms with E-state index in [1.807, 2.05) is 13.8 Å². The highest BCUT2D eigenvalue weighted by molar-refractivity contribution is 6.01. The van der Waals surface area contributed by atoms with Gasteiger partial charge in [-0.2, -0.15) is 0 Å². The molecule has 0 atom stereocenters. The lowest BCUT2D eigenvalue weighted by molar-refractivity contribution is 0.0719. The Morgan fingerprint density at radius 3 is 2.68 bits per heavy atom. The lowest BCUT2D eigenvalue weighted by atomic mass is 10.1. The van der Waals surface area contributed by atoms with E-state index in [-0.39, 0.29) is 12.5 Å². The number of aliphatic hydroxyl groups excluding tert-OH is 1. The summed E-state index contributed by atoms with van der Waals surface area (Å²) in [7, 11) is 0. The fourth-order valence-corrected chi connectivity index (χ4v) is 1.92. The first kappa shape index (κ1) is 15.3. The van der Waals surface area contributed by atoms with Gasteiger partial charge in [0.15, 0.2) is 0 Å². The van der Waals surface area contributed by atoms with Crippen LogP contribution in [0.25, 0.3) is 0 Å². The van der Waals surface area contributed by atoms with Crippen molar-refractivity contribution in [2.24, 2.45) is 0 Å². The summed E-state index contributed by atoms with van der Waals surface area (Å²) in [6.07, 6.45) is 0.822. The van der Waals surface area contributed by atoms with Crippen molar-refractivity contribution >= 4 is 11.6 Å². The third-order valence-corrected chi connectivity index (χ3v) is 2.72. The molecule has 0 saturated heterocycles. The van der Waals surface area contributed by atoms with Crippen molar-refractivity contribution in [1.29, 1.82) is 0 Å². The van der Waals surface area contributed by atoms with Gasteiger partial charge in [-0.05, 0) is 25.5 Å². The number of hydrogen-bond acceptors (Lipinski definition) is 4. The highest BCUT2D eigenvalue weighted by Crippen LogP contribution is 2.26. The fourth-order valence-electron chi connectivity index (χ4n) is 1.92. The first-order valence-corrected chi connectivity index (χ1v) is 6.57. The van der Waals surface area contributed by atoms with E-state index in [9.17, 15) is 4.79 Å². The number of benzene rings is 1. The number of hydrogen-bond donors (Lipinski definition) is 2. The SMILES string of the molecule is CCCN(CCO)C(=O)c1c(N)cccc1OCC. The molecule has 1 amide bonds. The molecule has 0 saturated carbocycles. The minimum absolute atomic E-state index is 0.0670. The van der Waals surface area contributed by atoms with Crippen LogP contribution in [0.1, 0.15) is 30.6 Å². The summed E-state index contributed by atoms with van der Waals surface area (Å²) in [5, 5.41) is 9.04. The van der Waals surface area contributed by atoms with Gasteiger partial charge in [0.1, 0.15) is 11.3 Å². The lowest BCUT2D eigenvalue weighted by Crippen LogP contribution is -2.35. The van der Waals surface area contributed by atoms with Crippen molar-refractivity contribution in [3.63, 3.8) is 0 Å². The Morgan fingerprint density at radius 1 is 1.37 bits per heavy atom. The monoisotopic (exact) mass is 266 g/mol. The lowest BCUT2D eigenvalue weighted by Gasteiger charge is -2.23. The van der Waals surface area contributed by atoms with E-state index < -0.39 is 0 Å². The third kappa shape index (κ3) is 3.86. The molecular weight excluding hydrogens is 244 g/mol. The number of ether oxygens (including phenoxy) is 1. The predicted molar refractivity (Wildman–Crippen MR) is 75.3 cm³/mol. The highest BCUT2D eigenvalue weighted by atomic mass is 16.5. The zero-order chi connectivity index (χ0) is 14.3. The molecule has 106 valence electrons. The van der Waals surface area contributed by atoms with Gasteiger partial charge in [0, 0.05) is 18.8 Å². The van der Waals surface area contributed by atoms with Gasteiger partial charge in [-0.15, -0.1) is 0 Å². The Kier molecular flexibility index (Phi) is 6.15. The second-order valence-corrected chi connectivity index (χ2v) is 4.17. The zero-order valence-corrected chi connectivity index (χ0v) is 11.6. The van der Waals surface area contributed by atoms with Gasteiger partial charge in [0.05, 0.1) is 13.2 Å². The van der Waals surface area contributed by atoms with Crippen LogP contribution in [0.5, 0.6) is 5.75 Å². The number of amides is 1. The summed E-state index contributed by atoms with van der Waals surface area (Å²) >= 11 is 0. The van der Waals surface area contributed by atoms with E-state index in [1.54, 1.807) is 23.1 Å². The summed E-state index contributed by atoms with van der Waals surface area (Å²) in [4.78, 5) is 14.1. The number of carbonyl (C=O) groups is 1. The summed E-state index contributed by atoms with van der Waals surface area (Å²) in [5.41, 5.74) is 6.67. The molecule has 19 heavy (non-hydrogen) atoms. The van der Waals surface area contributed by atoms with Crippen LogP contribution in [0, 0.1) is 0 Å².